The Morgan fingerprint density at radius 2 is 1.89 bits per heavy atom. The van der Waals surface area contributed by atoms with Crippen LogP contribution in [0.5, 0.6) is 0 Å². The lowest BCUT2D eigenvalue weighted by molar-refractivity contribution is -0.147. The minimum Gasteiger partial charge on any atom is -0.337 e. The molecule has 0 aromatic heterocycles. The molecule has 0 radical (unpaired) electrons. The van der Waals surface area contributed by atoms with Gasteiger partial charge in [-0.3, -0.25) is 4.79 Å². The summed E-state index contributed by atoms with van der Waals surface area (Å²) in [5, 5.41) is 3.39. The fourth-order valence-corrected chi connectivity index (χ4v) is 3.72. The van der Waals surface area contributed by atoms with Gasteiger partial charge >= 0.3 is 0 Å². The minimum absolute atomic E-state index is 0.0678. The van der Waals surface area contributed by atoms with Crippen molar-refractivity contribution in [3.63, 3.8) is 0 Å². The Morgan fingerprint density at radius 3 is 2.39 bits per heavy atom. The smallest absolute Gasteiger partial charge is 0.229 e. The lowest BCUT2D eigenvalue weighted by Gasteiger charge is -2.43. The predicted molar refractivity (Wildman–Crippen MR) is 74.5 cm³/mol. The second-order valence-electron chi connectivity index (χ2n) is 6.65. The van der Waals surface area contributed by atoms with Crippen LogP contribution in [0.1, 0.15) is 59.3 Å². The van der Waals surface area contributed by atoms with Gasteiger partial charge in [0, 0.05) is 12.1 Å². The maximum atomic E-state index is 13.0. The van der Waals surface area contributed by atoms with Crippen LogP contribution in [-0.2, 0) is 4.79 Å². The third kappa shape index (κ3) is 2.42. The van der Waals surface area contributed by atoms with Crippen molar-refractivity contribution < 1.29 is 4.79 Å². The van der Waals surface area contributed by atoms with Gasteiger partial charge < -0.3 is 10.2 Å². The van der Waals surface area contributed by atoms with E-state index in [1.165, 1.54) is 6.42 Å². The second kappa shape index (κ2) is 5.20. The van der Waals surface area contributed by atoms with Gasteiger partial charge in [0.25, 0.3) is 0 Å². The quantitative estimate of drug-likeness (QED) is 0.837. The Kier molecular flexibility index (Phi) is 4.00. The number of likely N-dealkylation sites (tertiary alicyclic amines) is 1. The summed E-state index contributed by atoms with van der Waals surface area (Å²) in [7, 11) is 0. The molecule has 0 saturated carbocycles. The van der Waals surface area contributed by atoms with Crippen molar-refractivity contribution in [1.29, 1.82) is 0 Å². The van der Waals surface area contributed by atoms with Gasteiger partial charge in [-0.15, -0.1) is 0 Å². The van der Waals surface area contributed by atoms with Gasteiger partial charge in [-0.25, -0.2) is 0 Å². The van der Waals surface area contributed by atoms with Gasteiger partial charge in [-0.05, 0) is 59.0 Å². The van der Waals surface area contributed by atoms with Crippen LogP contribution in [-0.4, -0.2) is 36.0 Å². The maximum absolute atomic E-state index is 13.0. The topological polar surface area (TPSA) is 32.3 Å². The molecule has 104 valence electrons. The molecule has 2 aliphatic heterocycles. The zero-order chi connectivity index (χ0) is 13.2. The van der Waals surface area contributed by atoms with E-state index in [1.807, 2.05) is 0 Å². The first-order chi connectivity index (χ1) is 8.52. The van der Waals surface area contributed by atoms with Gasteiger partial charge in [0.1, 0.15) is 0 Å². The molecule has 2 aliphatic rings. The number of nitrogens with zero attached hydrogens (tertiary/aromatic N) is 1. The predicted octanol–water partition coefficient (Wildman–Crippen LogP) is 2.56. The van der Waals surface area contributed by atoms with E-state index in [9.17, 15) is 4.79 Å². The highest BCUT2D eigenvalue weighted by Gasteiger charge is 2.46. The summed E-state index contributed by atoms with van der Waals surface area (Å²) in [4.78, 5) is 15.2. The number of rotatable bonds is 3. The average molecular weight is 252 g/mol. The number of piperidine rings is 1. The van der Waals surface area contributed by atoms with E-state index in [4.69, 9.17) is 0 Å². The zero-order valence-corrected chi connectivity index (χ0v) is 12.2. The molecule has 2 saturated heterocycles. The summed E-state index contributed by atoms with van der Waals surface area (Å²) >= 11 is 0. The van der Waals surface area contributed by atoms with Crippen LogP contribution in [0.25, 0.3) is 0 Å². The van der Waals surface area contributed by atoms with Gasteiger partial charge in [0.15, 0.2) is 0 Å². The van der Waals surface area contributed by atoms with Gasteiger partial charge in [0.2, 0.25) is 5.91 Å². The molecule has 3 heteroatoms. The van der Waals surface area contributed by atoms with Gasteiger partial charge in [0.05, 0.1) is 5.41 Å². The van der Waals surface area contributed by atoms with E-state index in [-0.39, 0.29) is 11.0 Å². The maximum Gasteiger partial charge on any atom is 0.229 e. The highest BCUT2D eigenvalue weighted by Crippen LogP contribution is 2.40. The molecule has 18 heavy (non-hydrogen) atoms. The molecule has 0 aromatic rings. The average Bonchev–Trinajstić information content (AvgIpc) is 2.69. The van der Waals surface area contributed by atoms with Crippen molar-refractivity contribution in [3.8, 4) is 0 Å². The molecule has 0 aromatic carbocycles. The molecule has 2 heterocycles. The first-order valence-electron chi connectivity index (χ1n) is 7.55. The van der Waals surface area contributed by atoms with Crippen LogP contribution in [0.2, 0.25) is 0 Å². The second-order valence-corrected chi connectivity index (χ2v) is 6.65. The van der Waals surface area contributed by atoms with Crippen molar-refractivity contribution >= 4 is 5.91 Å². The minimum atomic E-state index is -0.0678. The van der Waals surface area contributed by atoms with Crippen molar-refractivity contribution in [2.75, 3.05) is 19.6 Å². The Hall–Kier alpha value is -0.570. The van der Waals surface area contributed by atoms with E-state index in [2.05, 4.69) is 31.0 Å². The van der Waals surface area contributed by atoms with Crippen LogP contribution in [0.15, 0.2) is 0 Å². The molecule has 0 bridgehead atoms. The van der Waals surface area contributed by atoms with Crippen LogP contribution >= 0.6 is 0 Å². The molecule has 0 spiro atoms. The van der Waals surface area contributed by atoms with Crippen molar-refractivity contribution in [2.24, 2.45) is 5.41 Å². The first-order valence-corrected chi connectivity index (χ1v) is 7.55. The lowest BCUT2D eigenvalue weighted by Crippen LogP contribution is -2.53. The molecule has 0 unspecified atom stereocenters. The van der Waals surface area contributed by atoms with Crippen LogP contribution in [0, 0.1) is 5.41 Å². The van der Waals surface area contributed by atoms with E-state index >= 15 is 0 Å². The molecule has 0 aliphatic carbocycles. The lowest BCUT2D eigenvalue weighted by atomic mass is 9.73. The summed E-state index contributed by atoms with van der Waals surface area (Å²) in [6.07, 6.45) is 6.52. The number of amides is 1. The highest BCUT2D eigenvalue weighted by molar-refractivity contribution is 5.84. The van der Waals surface area contributed by atoms with Crippen LogP contribution in [0.3, 0.4) is 0 Å². The molecule has 0 atom stereocenters. The van der Waals surface area contributed by atoms with E-state index < -0.39 is 0 Å². The Balaban J connectivity index is 2.17. The van der Waals surface area contributed by atoms with E-state index in [0.29, 0.717) is 5.91 Å². The monoisotopic (exact) mass is 252 g/mol. The van der Waals surface area contributed by atoms with E-state index in [1.54, 1.807) is 0 Å². The largest absolute Gasteiger partial charge is 0.337 e. The molecule has 2 fully saturated rings. The third-order valence-corrected chi connectivity index (χ3v) is 4.89. The Morgan fingerprint density at radius 1 is 1.22 bits per heavy atom. The Labute approximate surface area is 111 Å². The third-order valence-electron chi connectivity index (χ3n) is 4.89. The summed E-state index contributed by atoms with van der Waals surface area (Å²) in [5.41, 5.74) is 0.00428. The van der Waals surface area contributed by atoms with Crippen LogP contribution < -0.4 is 5.32 Å². The number of hydrogen-bond acceptors (Lipinski definition) is 2. The van der Waals surface area contributed by atoms with Crippen molar-refractivity contribution in [2.45, 2.75) is 64.8 Å². The first kappa shape index (κ1) is 13.9. The fourth-order valence-electron chi connectivity index (χ4n) is 3.72. The fraction of sp³-hybridized carbons (Fsp3) is 0.933. The standard InChI is InChI=1S/C15H28N2O/c1-4-6-15(8-10-16-11-9-15)13(18)17-12-5-7-14(17,2)3/h16H,4-12H2,1-3H3. The number of hydrogen-bond donors (Lipinski definition) is 1. The van der Waals surface area contributed by atoms with Gasteiger partial charge in [-0.1, -0.05) is 13.3 Å². The van der Waals surface area contributed by atoms with Crippen molar-refractivity contribution in [1.82, 2.24) is 10.2 Å². The highest BCUT2D eigenvalue weighted by atomic mass is 16.2. The summed E-state index contributed by atoms with van der Waals surface area (Å²) in [6, 6.07) is 0. The molecule has 1 amide bonds. The number of carbonyl (C=O) groups excluding carboxylic acids is 1. The normalized spacial score (nSPS) is 26.3. The molecule has 2 rings (SSSR count). The SMILES string of the molecule is CCCC1(C(=O)N2CCCC2(C)C)CCNCC1. The van der Waals surface area contributed by atoms with Gasteiger partial charge in [-0.2, -0.15) is 0 Å². The zero-order valence-electron chi connectivity index (χ0n) is 12.2. The Bertz CT molecular complexity index is 300. The number of nitrogens with one attached hydrogen (secondary N) is 1. The van der Waals surface area contributed by atoms with E-state index in [0.717, 1.165) is 51.7 Å². The molecular formula is C15H28N2O. The summed E-state index contributed by atoms with van der Waals surface area (Å²) in [6.45, 7) is 9.61. The molecular weight excluding hydrogens is 224 g/mol. The summed E-state index contributed by atoms with van der Waals surface area (Å²) < 4.78 is 0. The number of carbonyl (C=O) groups is 1. The summed E-state index contributed by atoms with van der Waals surface area (Å²) in [5.74, 6) is 0.438. The van der Waals surface area contributed by atoms with Crippen LogP contribution in [0.4, 0.5) is 0 Å². The molecule has 3 nitrogen and oxygen atoms in total. The van der Waals surface area contributed by atoms with Crippen molar-refractivity contribution in [3.05, 3.63) is 0 Å². The molecule has 1 N–H and O–H groups in total.